The number of anilines is 1. The van der Waals surface area contributed by atoms with E-state index in [1.807, 2.05) is 60.7 Å². The topological polar surface area (TPSA) is 32.3 Å². The maximum Gasteiger partial charge on any atom is 0.322 e. The van der Waals surface area contributed by atoms with Gasteiger partial charge in [0, 0.05) is 18.8 Å². The second kappa shape index (κ2) is 8.75. The van der Waals surface area contributed by atoms with E-state index in [-0.39, 0.29) is 6.03 Å². The maximum atomic E-state index is 12.9. The largest absolute Gasteiger partial charge is 0.322 e. The third-order valence-corrected chi connectivity index (χ3v) is 4.63. The van der Waals surface area contributed by atoms with Crippen LogP contribution in [0.1, 0.15) is 11.1 Å². The molecule has 3 nitrogen and oxygen atoms in total. The number of nitrogens with one attached hydrogen (secondary N) is 1. The van der Waals surface area contributed by atoms with Gasteiger partial charge in [0.15, 0.2) is 0 Å². The third-order valence-electron chi connectivity index (χ3n) is 3.89. The van der Waals surface area contributed by atoms with Gasteiger partial charge in [0.1, 0.15) is 0 Å². The van der Waals surface area contributed by atoms with Crippen LogP contribution in [0, 0.1) is 0 Å². The SMILES string of the molecule is O=C(Nc1ccc(Cl)c(Cl)c1)N(Cc1ccccc1)Cc1ccccc1. The molecule has 0 aliphatic heterocycles. The van der Waals surface area contributed by atoms with Crippen molar-refractivity contribution >= 4 is 34.9 Å². The van der Waals surface area contributed by atoms with Gasteiger partial charge in [-0.3, -0.25) is 0 Å². The molecular formula is C21H18Cl2N2O. The number of benzene rings is 3. The lowest BCUT2D eigenvalue weighted by molar-refractivity contribution is 0.206. The minimum absolute atomic E-state index is 0.198. The summed E-state index contributed by atoms with van der Waals surface area (Å²) in [4.78, 5) is 14.6. The van der Waals surface area contributed by atoms with E-state index in [9.17, 15) is 4.79 Å². The highest BCUT2D eigenvalue weighted by Gasteiger charge is 2.15. The van der Waals surface area contributed by atoms with Crippen molar-refractivity contribution < 1.29 is 4.79 Å². The van der Waals surface area contributed by atoms with Crippen LogP contribution >= 0.6 is 23.2 Å². The van der Waals surface area contributed by atoms with Crippen molar-refractivity contribution in [2.75, 3.05) is 5.32 Å². The van der Waals surface area contributed by atoms with E-state index in [0.717, 1.165) is 11.1 Å². The molecule has 0 radical (unpaired) electrons. The zero-order valence-electron chi connectivity index (χ0n) is 14.0. The Morgan fingerprint density at radius 3 is 1.81 bits per heavy atom. The molecule has 0 bridgehead atoms. The number of nitrogens with zero attached hydrogens (tertiary/aromatic N) is 1. The van der Waals surface area contributed by atoms with Crippen molar-refractivity contribution in [2.24, 2.45) is 0 Å². The molecule has 0 saturated carbocycles. The molecule has 1 N–H and O–H groups in total. The quantitative estimate of drug-likeness (QED) is 0.555. The van der Waals surface area contributed by atoms with E-state index < -0.39 is 0 Å². The van der Waals surface area contributed by atoms with E-state index in [1.54, 1.807) is 23.1 Å². The molecule has 0 aliphatic rings. The zero-order valence-corrected chi connectivity index (χ0v) is 15.5. The maximum absolute atomic E-state index is 12.9. The summed E-state index contributed by atoms with van der Waals surface area (Å²) >= 11 is 12.0. The average molecular weight is 385 g/mol. The lowest BCUT2D eigenvalue weighted by Gasteiger charge is -2.23. The Labute approximate surface area is 163 Å². The number of amides is 2. The third kappa shape index (κ3) is 5.01. The summed E-state index contributed by atoms with van der Waals surface area (Å²) in [5.74, 6) is 0. The first kappa shape index (κ1) is 18.3. The number of carbonyl (C=O) groups excluding carboxylic acids is 1. The fraction of sp³-hybridized carbons (Fsp3) is 0.0952. The van der Waals surface area contributed by atoms with Crippen molar-refractivity contribution in [3.8, 4) is 0 Å². The van der Waals surface area contributed by atoms with Crippen molar-refractivity contribution in [1.82, 2.24) is 4.90 Å². The highest BCUT2D eigenvalue weighted by molar-refractivity contribution is 6.42. The van der Waals surface area contributed by atoms with Gasteiger partial charge in [-0.15, -0.1) is 0 Å². The second-order valence-electron chi connectivity index (χ2n) is 5.89. The summed E-state index contributed by atoms with van der Waals surface area (Å²) in [6.07, 6.45) is 0. The van der Waals surface area contributed by atoms with Gasteiger partial charge in [-0.1, -0.05) is 83.9 Å². The van der Waals surface area contributed by atoms with Gasteiger partial charge in [0.2, 0.25) is 0 Å². The first-order valence-electron chi connectivity index (χ1n) is 8.20. The lowest BCUT2D eigenvalue weighted by Crippen LogP contribution is -2.34. The first-order valence-corrected chi connectivity index (χ1v) is 8.96. The lowest BCUT2D eigenvalue weighted by atomic mass is 10.2. The smallest absolute Gasteiger partial charge is 0.316 e. The van der Waals surface area contributed by atoms with Crippen LogP contribution in [0.15, 0.2) is 78.9 Å². The summed E-state index contributed by atoms with van der Waals surface area (Å²) in [5, 5.41) is 3.75. The Kier molecular flexibility index (Phi) is 6.16. The molecule has 0 saturated heterocycles. The zero-order chi connectivity index (χ0) is 18.4. The van der Waals surface area contributed by atoms with Crippen LogP contribution in [0.25, 0.3) is 0 Å². The normalized spacial score (nSPS) is 10.4. The molecule has 26 heavy (non-hydrogen) atoms. The van der Waals surface area contributed by atoms with Crippen LogP contribution in [0.4, 0.5) is 10.5 Å². The number of carbonyl (C=O) groups is 1. The monoisotopic (exact) mass is 384 g/mol. The molecule has 0 unspecified atom stereocenters. The minimum Gasteiger partial charge on any atom is -0.316 e. The molecule has 2 amide bonds. The molecule has 0 aromatic heterocycles. The van der Waals surface area contributed by atoms with Crippen molar-refractivity contribution in [1.29, 1.82) is 0 Å². The molecular weight excluding hydrogens is 367 g/mol. The van der Waals surface area contributed by atoms with Crippen molar-refractivity contribution in [3.05, 3.63) is 100 Å². The molecule has 5 heteroatoms. The summed E-state index contributed by atoms with van der Waals surface area (Å²) in [7, 11) is 0. The van der Waals surface area contributed by atoms with E-state index in [4.69, 9.17) is 23.2 Å². The van der Waals surface area contributed by atoms with Crippen LogP contribution in [-0.4, -0.2) is 10.9 Å². The van der Waals surface area contributed by atoms with Gasteiger partial charge in [-0.05, 0) is 29.3 Å². The molecule has 0 spiro atoms. The number of hydrogen-bond donors (Lipinski definition) is 1. The Balaban J connectivity index is 1.78. The van der Waals surface area contributed by atoms with Crippen LogP contribution in [0.5, 0.6) is 0 Å². The van der Waals surface area contributed by atoms with Gasteiger partial charge < -0.3 is 10.2 Å². The van der Waals surface area contributed by atoms with Crippen molar-refractivity contribution in [3.63, 3.8) is 0 Å². The van der Waals surface area contributed by atoms with Crippen molar-refractivity contribution in [2.45, 2.75) is 13.1 Å². The van der Waals surface area contributed by atoms with E-state index >= 15 is 0 Å². The summed E-state index contributed by atoms with van der Waals surface area (Å²) in [6.45, 7) is 1.01. The number of rotatable bonds is 5. The van der Waals surface area contributed by atoms with E-state index in [0.29, 0.717) is 28.8 Å². The fourth-order valence-corrected chi connectivity index (χ4v) is 2.88. The Hall–Kier alpha value is -2.49. The van der Waals surface area contributed by atoms with Crippen LogP contribution < -0.4 is 5.32 Å². The standard InChI is InChI=1S/C21H18Cl2N2O/c22-19-12-11-18(13-20(19)23)24-21(26)25(14-16-7-3-1-4-8-16)15-17-9-5-2-6-10-17/h1-13H,14-15H2,(H,24,26). The molecule has 0 fully saturated rings. The molecule has 0 atom stereocenters. The predicted octanol–water partition coefficient (Wildman–Crippen LogP) is 6.23. The van der Waals surface area contributed by atoms with Gasteiger partial charge in [-0.2, -0.15) is 0 Å². The minimum atomic E-state index is -0.198. The van der Waals surface area contributed by atoms with E-state index in [2.05, 4.69) is 5.32 Å². The van der Waals surface area contributed by atoms with E-state index in [1.165, 1.54) is 0 Å². The average Bonchev–Trinajstić information content (AvgIpc) is 2.66. The van der Waals surface area contributed by atoms with Crippen LogP contribution in [0.3, 0.4) is 0 Å². The fourth-order valence-electron chi connectivity index (χ4n) is 2.58. The van der Waals surface area contributed by atoms with Crippen LogP contribution in [0.2, 0.25) is 10.0 Å². The van der Waals surface area contributed by atoms with Crippen LogP contribution in [-0.2, 0) is 13.1 Å². The summed E-state index contributed by atoms with van der Waals surface area (Å²) in [5.41, 5.74) is 2.73. The molecule has 3 aromatic carbocycles. The predicted molar refractivity (Wildman–Crippen MR) is 108 cm³/mol. The second-order valence-corrected chi connectivity index (χ2v) is 6.70. The first-order chi connectivity index (χ1) is 12.6. The molecule has 0 aliphatic carbocycles. The van der Waals surface area contributed by atoms with Gasteiger partial charge in [0.05, 0.1) is 10.0 Å². The highest BCUT2D eigenvalue weighted by Crippen LogP contribution is 2.25. The Morgan fingerprint density at radius 1 is 0.769 bits per heavy atom. The van der Waals surface area contributed by atoms with Gasteiger partial charge in [-0.25, -0.2) is 4.79 Å². The summed E-state index contributed by atoms with van der Waals surface area (Å²) in [6, 6.07) is 24.6. The number of halogens is 2. The number of hydrogen-bond acceptors (Lipinski definition) is 1. The highest BCUT2D eigenvalue weighted by atomic mass is 35.5. The van der Waals surface area contributed by atoms with Gasteiger partial charge in [0.25, 0.3) is 0 Å². The summed E-state index contributed by atoms with van der Waals surface area (Å²) < 4.78 is 0. The van der Waals surface area contributed by atoms with Gasteiger partial charge >= 0.3 is 6.03 Å². The Bertz CT molecular complexity index is 828. The molecule has 3 rings (SSSR count). The number of urea groups is 1. The molecule has 3 aromatic rings. The molecule has 0 heterocycles. The Morgan fingerprint density at radius 2 is 1.31 bits per heavy atom. The molecule has 132 valence electrons.